The second-order valence-corrected chi connectivity index (χ2v) is 6.49. The molecule has 1 aromatic heterocycles. The lowest BCUT2D eigenvalue weighted by molar-refractivity contribution is 0.285. The highest BCUT2D eigenvalue weighted by molar-refractivity contribution is 9.10. The Morgan fingerprint density at radius 2 is 1.82 bits per heavy atom. The Balaban J connectivity index is 1.59. The molecule has 22 heavy (non-hydrogen) atoms. The number of nitrogens with zero attached hydrogens (tertiary/aromatic N) is 3. The predicted molar refractivity (Wildman–Crippen MR) is 90.4 cm³/mol. The van der Waals surface area contributed by atoms with E-state index in [1.165, 1.54) is 12.1 Å². The molecule has 1 saturated heterocycles. The van der Waals surface area contributed by atoms with E-state index in [9.17, 15) is 4.39 Å². The Morgan fingerprint density at radius 1 is 1.00 bits per heavy atom. The first-order valence-corrected chi connectivity index (χ1v) is 8.33. The van der Waals surface area contributed by atoms with Crippen LogP contribution >= 0.6 is 15.9 Å². The van der Waals surface area contributed by atoms with E-state index in [0.29, 0.717) is 0 Å². The van der Waals surface area contributed by atoms with E-state index in [-0.39, 0.29) is 5.82 Å². The van der Waals surface area contributed by atoms with Crippen molar-refractivity contribution in [1.29, 1.82) is 0 Å². The minimum absolute atomic E-state index is 0.174. The summed E-state index contributed by atoms with van der Waals surface area (Å²) in [6.45, 7) is 4.92. The number of rotatable bonds is 3. The minimum atomic E-state index is -0.174. The van der Waals surface area contributed by atoms with Crippen LogP contribution in [0.3, 0.4) is 0 Å². The van der Waals surface area contributed by atoms with Crippen molar-refractivity contribution < 1.29 is 4.39 Å². The second kappa shape index (κ2) is 7.20. The molecule has 116 valence electrons. The maximum absolute atomic E-state index is 13.0. The molecule has 2 heterocycles. The summed E-state index contributed by atoms with van der Waals surface area (Å²) in [7, 11) is 0. The van der Waals surface area contributed by atoms with Gasteiger partial charge in [0.25, 0.3) is 0 Å². The van der Waals surface area contributed by atoms with Crippen LogP contribution in [-0.2, 0) is 6.54 Å². The van der Waals surface area contributed by atoms with Gasteiger partial charge in [-0.2, -0.15) is 0 Å². The maximum atomic E-state index is 13.0. The predicted octanol–water partition coefficient (Wildman–Crippen LogP) is 3.70. The summed E-state index contributed by atoms with van der Waals surface area (Å²) >= 11 is 3.42. The summed E-state index contributed by atoms with van der Waals surface area (Å²) < 4.78 is 14.0. The van der Waals surface area contributed by atoms with Crippen LogP contribution in [0.25, 0.3) is 0 Å². The van der Waals surface area contributed by atoms with E-state index in [1.54, 1.807) is 0 Å². The molecule has 0 radical (unpaired) electrons. The van der Waals surface area contributed by atoms with E-state index in [0.717, 1.165) is 55.0 Å². The summed E-state index contributed by atoms with van der Waals surface area (Å²) in [6, 6.07) is 10.9. The molecule has 1 aliphatic heterocycles. The highest BCUT2D eigenvalue weighted by Crippen LogP contribution is 2.17. The van der Waals surface area contributed by atoms with Crippen LogP contribution in [0, 0.1) is 5.82 Å². The topological polar surface area (TPSA) is 19.4 Å². The first-order chi connectivity index (χ1) is 10.7. The molecule has 1 fully saturated rings. The summed E-state index contributed by atoms with van der Waals surface area (Å²) in [5.74, 6) is 0.860. The van der Waals surface area contributed by atoms with Gasteiger partial charge >= 0.3 is 0 Å². The van der Waals surface area contributed by atoms with E-state index in [4.69, 9.17) is 0 Å². The SMILES string of the molecule is Fc1ccc(CN2CCCN(c3ccc(Br)cn3)CC2)cc1. The molecule has 0 saturated carbocycles. The van der Waals surface area contributed by atoms with Gasteiger partial charge in [-0.25, -0.2) is 9.37 Å². The van der Waals surface area contributed by atoms with Crippen molar-refractivity contribution >= 4 is 21.7 Å². The highest BCUT2D eigenvalue weighted by Gasteiger charge is 2.16. The molecule has 0 aliphatic carbocycles. The van der Waals surface area contributed by atoms with Crippen LogP contribution in [0.1, 0.15) is 12.0 Å². The van der Waals surface area contributed by atoms with Gasteiger partial charge in [0.05, 0.1) is 0 Å². The molecule has 0 spiro atoms. The molecule has 0 unspecified atom stereocenters. The molecule has 1 aromatic carbocycles. The highest BCUT2D eigenvalue weighted by atomic mass is 79.9. The Labute approximate surface area is 138 Å². The van der Waals surface area contributed by atoms with Crippen LogP contribution in [-0.4, -0.2) is 36.1 Å². The lowest BCUT2D eigenvalue weighted by Gasteiger charge is -2.22. The van der Waals surface area contributed by atoms with Gasteiger partial charge in [0, 0.05) is 43.4 Å². The van der Waals surface area contributed by atoms with Crippen LogP contribution in [0.4, 0.5) is 10.2 Å². The second-order valence-electron chi connectivity index (χ2n) is 5.58. The van der Waals surface area contributed by atoms with Gasteiger partial charge in [-0.15, -0.1) is 0 Å². The number of hydrogen-bond donors (Lipinski definition) is 0. The fourth-order valence-corrected chi connectivity index (χ4v) is 3.00. The Morgan fingerprint density at radius 3 is 2.55 bits per heavy atom. The standard InChI is InChI=1S/C17H19BrFN3/c18-15-4-7-17(20-12-15)22-9-1-8-21(10-11-22)13-14-2-5-16(19)6-3-14/h2-7,12H,1,8-11,13H2. The first-order valence-electron chi connectivity index (χ1n) is 7.54. The fraction of sp³-hybridized carbons (Fsp3) is 0.353. The van der Waals surface area contributed by atoms with Gasteiger partial charge in [0.15, 0.2) is 0 Å². The van der Waals surface area contributed by atoms with Gasteiger partial charge in [0.2, 0.25) is 0 Å². The van der Waals surface area contributed by atoms with E-state index < -0.39 is 0 Å². The maximum Gasteiger partial charge on any atom is 0.128 e. The van der Waals surface area contributed by atoms with Crippen molar-refractivity contribution in [3.63, 3.8) is 0 Å². The molecule has 0 bridgehead atoms. The number of benzene rings is 1. The van der Waals surface area contributed by atoms with Gasteiger partial charge in [-0.3, -0.25) is 4.90 Å². The van der Waals surface area contributed by atoms with Crippen molar-refractivity contribution in [2.45, 2.75) is 13.0 Å². The normalized spacial score (nSPS) is 16.5. The molecular formula is C17H19BrFN3. The monoisotopic (exact) mass is 363 g/mol. The zero-order valence-corrected chi connectivity index (χ0v) is 14.0. The third-order valence-corrected chi connectivity index (χ3v) is 4.41. The molecule has 5 heteroatoms. The third kappa shape index (κ3) is 4.05. The van der Waals surface area contributed by atoms with Crippen LogP contribution in [0.5, 0.6) is 0 Å². The number of halogens is 2. The average Bonchev–Trinajstić information content (AvgIpc) is 2.76. The smallest absolute Gasteiger partial charge is 0.128 e. The van der Waals surface area contributed by atoms with Gasteiger partial charge in [-0.1, -0.05) is 12.1 Å². The van der Waals surface area contributed by atoms with Crippen molar-refractivity contribution in [1.82, 2.24) is 9.88 Å². The molecule has 0 atom stereocenters. The Bertz CT molecular complexity index is 600. The van der Waals surface area contributed by atoms with Crippen molar-refractivity contribution in [3.8, 4) is 0 Å². The summed E-state index contributed by atoms with van der Waals surface area (Å²) in [5.41, 5.74) is 1.16. The molecular weight excluding hydrogens is 345 g/mol. The quantitative estimate of drug-likeness (QED) is 0.828. The van der Waals surface area contributed by atoms with E-state index in [1.807, 2.05) is 24.4 Å². The molecule has 1 aliphatic rings. The van der Waals surface area contributed by atoms with Crippen LogP contribution in [0.2, 0.25) is 0 Å². The fourth-order valence-electron chi connectivity index (χ4n) is 2.76. The van der Waals surface area contributed by atoms with Crippen LogP contribution in [0.15, 0.2) is 47.1 Å². The summed E-state index contributed by atoms with van der Waals surface area (Å²) in [4.78, 5) is 9.23. The number of pyridine rings is 1. The number of aromatic nitrogens is 1. The van der Waals surface area contributed by atoms with Gasteiger partial charge in [-0.05, 0) is 52.2 Å². The zero-order chi connectivity index (χ0) is 15.4. The largest absolute Gasteiger partial charge is 0.355 e. The van der Waals surface area contributed by atoms with E-state index >= 15 is 0 Å². The van der Waals surface area contributed by atoms with Crippen molar-refractivity contribution in [3.05, 3.63) is 58.4 Å². The number of hydrogen-bond acceptors (Lipinski definition) is 3. The van der Waals surface area contributed by atoms with Gasteiger partial charge in [0.1, 0.15) is 11.6 Å². The minimum Gasteiger partial charge on any atom is -0.355 e. The lowest BCUT2D eigenvalue weighted by atomic mass is 10.2. The molecule has 0 amide bonds. The third-order valence-electron chi connectivity index (χ3n) is 3.94. The Hall–Kier alpha value is -1.46. The molecule has 3 nitrogen and oxygen atoms in total. The van der Waals surface area contributed by atoms with Gasteiger partial charge < -0.3 is 4.90 Å². The summed E-state index contributed by atoms with van der Waals surface area (Å²) in [6.07, 6.45) is 2.95. The number of anilines is 1. The average molecular weight is 364 g/mol. The Kier molecular flexibility index (Phi) is 5.05. The van der Waals surface area contributed by atoms with Crippen molar-refractivity contribution in [2.24, 2.45) is 0 Å². The van der Waals surface area contributed by atoms with E-state index in [2.05, 4.69) is 36.8 Å². The first kappa shape index (κ1) is 15.4. The van der Waals surface area contributed by atoms with Crippen molar-refractivity contribution in [2.75, 3.05) is 31.1 Å². The zero-order valence-electron chi connectivity index (χ0n) is 12.4. The summed E-state index contributed by atoms with van der Waals surface area (Å²) in [5, 5.41) is 0. The molecule has 3 rings (SSSR count). The lowest BCUT2D eigenvalue weighted by Crippen LogP contribution is -2.30. The molecule has 0 N–H and O–H groups in total. The molecule has 2 aromatic rings. The van der Waals surface area contributed by atoms with Crippen LogP contribution < -0.4 is 4.90 Å².